The third kappa shape index (κ3) is 3.43. The van der Waals surface area contributed by atoms with Gasteiger partial charge in [-0.05, 0) is 6.42 Å². The monoisotopic (exact) mass is 278 g/mol. The van der Waals surface area contributed by atoms with Gasteiger partial charge >= 0.3 is 6.18 Å². The Morgan fingerprint density at radius 1 is 1.58 bits per heavy atom. The molecule has 1 saturated heterocycles. The van der Waals surface area contributed by atoms with Crippen LogP contribution in [0.1, 0.15) is 16.9 Å². The van der Waals surface area contributed by atoms with Crippen molar-refractivity contribution in [2.24, 2.45) is 0 Å². The number of likely N-dealkylation sites (tertiary alicyclic amines) is 1. The number of carbonyl (C=O) groups is 1. The third-order valence-electron chi connectivity index (χ3n) is 2.86. The maximum Gasteiger partial charge on any atom is 0.408 e. The largest absolute Gasteiger partial charge is 0.408 e. The molecule has 0 saturated carbocycles. The van der Waals surface area contributed by atoms with Crippen molar-refractivity contribution in [2.45, 2.75) is 25.2 Å². The summed E-state index contributed by atoms with van der Waals surface area (Å²) in [5.41, 5.74) is -0.0824. The van der Waals surface area contributed by atoms with Crippen LogP contribution >= 0.6 is 0 Å². The SMILES string of the molecule is COC1CCN(C(=O)c2cn(CC(F)(F)F)nn2)C1. The molecule has 1 aromatic rings. The van der Waals surface area contributed by atoms with Crippen LogP contribution in [0.15, 0.2) is 6.20 Å². The maximum atomic E-state index is 12.1. The van der Waals surface area contributed by atoms with Crippen molar-refractivity contribution in [3.63, 3.8) is 0 Å². The fraction of sp³-hybridized carbons (Fsp3) is 0.700. The Balaban J connectivity index is 2.01. The molecule has 0 aromatic carbocycles. The first kappa shape index (κ1) is 13.8. The van der Waals surface area contributed by atoms with Gasteiger partial charge in [-0.25, -0.2) is 4.68 Å². The van der Waals surface area contributed by atoms with Gasteiger partial charge in [0.25, 0.3) is 5.91 Å². The number of ether oxygens (including phenoxy) is 1. The van der Waals surface area contributed by atoms with Gasteiger partial charge in [-0.3, -0.25) is 4.79 Å². The Kier molecular flexibility index (Phi) is 3.74. The predicted octanol–water partition coefficient (Wildman–Crippen LogP) is 0.701. The molecule has 1 aliphatic rings. The van der Waals surface area contributed by atoms with Gasteiger partial charge in [-0.2, -0.15) is 13.2 Å². The van der Waals surface area contributed by atoms with E-state index in [0.29, 0.717) is 24.2 Å². The first-order chi connectivity index (χ1) is 8.89. The van der Waals surface area contributed by atoms with E-state index in [9.17, 15) is 18.0 Å². The predicted molar refractivity (Wildman–Crippen MR) is 57.4 cm³/mol. The average Bonchev–Trinajstić information content (AvgIpc) is 2.94. The van der Waals surface area contributed by atoms with E-state index < -0.39 is 18.6 Å². The summed E-state index contributed by atoms with van der Waals surface area (Å²) in [4.78, 5) is 13.5. The Morgan fingerprint density at radius 2 is 2.32 bits per heavy atom. The standard InChI is InChI=1S/C10H13F3N4O2/c1-19-7-2-3-16(4-7)9(18)8-5-17(15-14-8)6-10(11,12)13/h5,7H,2-4,6H2,1H3. The van der Waals surface area contributed by atoms with Gasteiger partial charge < -0.3 is 9.64 Å². The lowest BCUT2D eigenvalue weighted by molar-refractivity contribution is -0.142. The lowest BCUT2D eigenvalue weighted by atomic mass is 10.3. The number of nitrogens with zero attached hydrogens (tertiary/aromatic N) is 4. The lowest BCUT2D eigenvalue weighted by Crippen LogP contribution is -2.30. The number of hydrogen-bond donors (Lipinski definition) is 0. The summed E-state index contributed by atoms with van der Waals surface area (Å²) in [5.74, 6) is -0.423. The van der Waals surface area contributed by atoms with Gasteiger partial charge in [0.2, 0.25) is 0 Å². The number of hydrogen-bond acceptors (Lipinski definition) is 4. The molecule has 9 heteroatoms. The molecule has 0 radical (unpaired) electrons. The van der Waals surface area contributed by atoms with Crippen molar-refractivity contribution in [2.75, 3.05) is 20.2 Å². The molecule has 1 amide bonds. The summed E-state index contributed by atoms with van der Waals surface area (Å²) < 4.78 is 42.2. The van der Waals surface area contributed by atoms with Crippen molar-refractivity contribution >= 4 is 5.91 Å². The fourth-order valence-corrected chi connectivity index (χ4v) is 1.92. The van der Waals surface area contributed by atoms with Gasteiger partial charge in [-0.1, -0.05) is 5.21 Å². The molecular weight excluding hydrogens is 265 g/mol. The molecule has 1 aromatic heterocycles. The third-order valence-corrected chi connectivity index (χ3v) is 2.86. The van der Waals surface area contributed by atoms with Gasteiger partial charge in [0.05, 0.1) is 12.3 Å². The van der Waals surface area contributed by atoms with E-state index >= 15 is 0 Å². The molecule has 6 nitrogen and oxygen atoms in total. The van der Waals surface area contributed by atoms with E-state index in [0.717, 1.165) is 6.20 Å². The van der Waals surface area contributed by atoms with Crippen LogP contribution in [0.4, 0.5) is 13.2 Å². The summed E-state index contributed by atoms with van der Waals surface area (Å²) in [6.07, 6.45) is -2.70. The molecule has 0 aliphatic carbocycles. The molecule has 1 aliphatic heterocycles. The minimum atomic E-state index is -4.39. The summed E-state index contributed by atoms with van der Waals surface area (Å²) in [6.45, 7) is -0.334. The quantitative estimate of drug-likeness (QED) is 0.816. The minimum Gasteiger partial charge on any atom is -0.380 e. The van der Waals surface area contributed by atoms with Crippen LogP contribution in [0.5, 0.6) is 0 Å². The Hall–Kier alpha value is -1.64. The molecule has 2 heterocycles. The van der Waals surface area contributed by atoms with E-state index in [1.807, 2.05) is 0 Å². The van der Waals surface area contributed by atoms with E-state index in [-0.39, 0.29) is 11.8 Å². The molecule has 106 valence electrons. The number of methoxy groups -OCH3 is 1. The van der Waals surface area contributed by atoms with Gasteiger partial charge in [0.1, 0.15) is 6.54 Å². The number of halogens is 3. The van der Waals surface area contributed by atoms with Crippen LogP contribution in [0.2, 0.25) is 0 Å². The molecule has 1 atom stereocenters. The van der Waals surface area contributed by atoms with E-state index in [4.69, 9.17) is 4.74 Å². The Labute approximate surface area is 107 Å². The second-order valence-electron chi connectivity index (χ2n) is 4.31. The fourth-order valence-electron chi connectivity index (χ4n) is 1.92. The summed E-state index contributed by atoms with van der Waals surface area (Å²) >= 11 is 0. The Morgan fingerprint density at radius 3 is 2.89 bits per heavy atom. The van der Waals surface area contributed by atoms with E-state index in [2.05, 4.69) is 10.3 Å². The normalized spacial score (nSPS) is 20.0. The Bertz CT molecular complexity index is 460. The van der Waals surface area contributed by atoms with Gasteiger partial charge in [-0.15, -0.1) is 5.10 Å². The van der Waals surface area contributed by atoms with Gasteiger partial charge in [0, 0.05) is 20.2 Å². The smallest absolute Gasteiger partial charge is 0.380 e. The van der Waals surface area contributed by atoms with Crippen molar-refractivity contribution in [3.8, 4) is 0 Å². The molecule has 0 N–H and O–H groups in total. The minimum absolute atomic E-state index is 0.0332. The average molecular weight is 278 g/mol. The molecule has 0 bridgehead atoms. The highest BCUT2D eigenvalue weighted by molar-refractivity contribution is 5.92. The molecule has 19 heavy (non-hydrogen) atoms. The van der Waals surface area contributed by atoms with Crippen molar-refractivity contribution in [3.05, 3.63) is 11.9 Å². The van der Waals surface area contributed by atoms with E-state index in [1.165, 1.54) is 4.90 Å². The molecule has 2 rings (SSSR count). The van der Waals surface area contributed by atoms with Crippen molar-refractivity contribution in [1.29, 1.82) is 0 Å². The zero-order chi connectivity index (χ0) is 14.0. The summed E-state index contributed by atoms with van der Waals surface area (Å²) in [6, 6.07) is 0. The summed E-state index contributed by atoms with van der Waals surface area (Å²) in [7, 11) is 1.55. The van der Waals surface area contributed by atoms with Crippen LogP contribution in [-0.4, -0.2) is 58.3 Å². The number of aromatic nitrogens is 3. The van der Waals surface area contributed by atoms with Crippen LogP contribution in [0, 0.1) is 0 Å². The van der Waals surface area contributed by atoms with Crippen LogP contribution in [-0.2, 0) is 11.3 Å². The molecule has 0 spiro atoms. The number of rotatable bonds is 3. The number of amides is 1. The molecule has 1 unspecified atom stereocenters. The van der Waals surface area contributed by atoms with Crippen LogP contribution in [0.25, 0.3) is 0 Å². The van der Waals surface area contributed by atoms with Gasteiger partial charge in [0.15, 0.2) is 5.69 Å². The lowest BCUT2D eigenvalue weighted by Gasteiger charge is -2.13. The number of carbonyl (C=O) groups excluding carboxylic acids is 1. The highest BCUT2D eigenvalue weighted by Crippen LogP contribution is 2.18. The highest BCUT2D eigenvalue weighted by atomic mass is 19.4. The van der Waals surface area contributed by atoms with Crippen molar-refractivity contribution in [1.82, 2.24) is 19.9 Å². The first-order valence-electron chi connectivity index (χ1n) is 5.68. The maximum absolute atomic E-state index is 12.1. The zero-order valence-electron chi connectivity index (χ0n) is 10.2. The van der Waals surface area contributed by atoms with Crippen LogP contribution < -0.4 is 0 Å². The van der Waals surface area contributed by atoms with E-state index in [1.54, 1.807) is 7.11 Å². The highest BCUT2D eigenvalue weighted by Gasteiger charge is 2.31. The van der Waals surface area contributed by atoms with Crippen molar-refractivity contribution < 1.29 is 22.7 Å². The topological polar surface area (TPSA) is 60.2 Å². The molecule has 1 fully saturated rings. The second kappa shape index (κ2) is 5.16. The number of alkyl halides is 3. The zero-order valence-corrected chi connectivity index (χ0v) is 10.2. The summed E-state index contributed by atoms with van der Waals surface area (Å²) in [5, 5.41) is 6.78. The van der Waals surface area contributed by atoms with Crippen LogP contribution in [0.3, 0.4) is 0 Å². The molecular formula is C10H13F3N4O2. The first-order valence-corrected chi connectivity index (χ1v) is 5.68. The second-order valence-corrected chi connectivity index (χ2v) is 4.31.